The number of ether oxygens (including phenoxy) is 2. The summed E-state index contributed by atoms with van der Waals surface area (Å²) in [5.41, 5.74) is -0.685. The molecule has 3 heterocycles. The third kappa shape index (κ3) is 3.61. The number of aromatic hydroxyl groups is 1. The maximum absolute atomic E-state index is 12.8. The summed E-state index contributed by atoms with van der Waals surface area (Å²) in [6, 6.07) is 11.0. The highest BCUT2D eigenvalue weighted by Gasteiger charge is 2.36. The summed E-state index contributed by atoms with van der Waals surface area (Å²) in [5.74, 6) is 0.283. The summed E-state index contributed by atoms with van der Waals surface area (Å²) < 4.78 is 11.7. The predicted octanol–water partition coefficient (Wildman–Crippen LogP) is 2.70. The molecule has 2 N–H and O–H groups in total. The molecule has 0 saturated carbocycles. The molecule has 0 radical (unpaired) electrons. The molecule has 11 heteroatoms. The van der Waals surface area contributed by atoms with Crippen LogP contribution in [0.3, 0.4) is 0 Å². The Balaban J connectivity index is 1.61. The average molecular weight is 483 g/mol. The molecule has 2 aromatic carbocycles. The lowest BCUT2D eigenvalue weighted by Gasteiger charge is -2.21. The van der Waals surface area contributed by atoms with Crippen LogP contribution < -0.4 is 20.7 Å². The number of nitrogens with one attached hydrogen (secondary N) is 1. The van der Waals surface area contributed by atoms with Gasteiger partial charge in [-0.3, -0.25) is 14.6 Å². The Labute approximate surface area is 197 Å². The van der Waals surface area contributed by atoms with Crippen LogP contribution >= 0.6 is 11.6 Å². The zero-order valence-corrected chi connectivity index (χ0v) is 18.7. The minimum atomic E-state index is -0.832. The van der Waals surface area contributed by atoms with Gasteiger partial charge in [0.1, 0.15) is 5.56 Å². The first-order valence-corrected chi connectivity index (χ1v) is 10.9. The van der Waals surface area contributed by atoms with Crippen molar-refractivity contribution in [1.82, 2.24) is 14.6 Å². The van der Waals surface area contributed by atoms with Gasteiger partial charge in [-0.05, 0) is 35.9 Å². The van der Waals surface area contributed by atoms with Crippen LogP contribution in [0.5, 0.6) is 17.4 Å². The van der Waals surface area contributed by atoms with Crippen LogP contribution in [-0.4, -0.2) is 38.1 Å². The first-order chi connectivity index (χ1) is 16.4. The van der Waals surface area contributed by atoms with E-state index in [4.69, 9.17) is 21.1 Å². The molecule has 0 aliphatic carbocycles. The molecule has 5 rings (SSSR count). The van der Waals surface area contributed by atoms with Gasteiger partial charge in [-0.1, -0.05) is 30.7 Å². The zero-order chi connectivity index (χ0) is 24.0. The monoisotopic (exact) mass is 482 g/mol. The van der Waals surface area contributed by atoms with Crippen molar-refractivity contribution in [1.29, 1.82) is 0 Å². The second kappa shape index (κ2) is 8.38. The highest BCUT2D eigenvalue weighted by molar-refractivity contribution is 6.30. The van der Waals surface area contributed by atoms with Gasteiger partial charge in [0.25, 0.3) is 5.56 Å². The molecule has 0 bridgehead atoms. The number of H-pyrrole nitrogens is 1. The molecule has 0 fully saturated rings. The van der Waals surface area contributed by atoms with Gasteiger partial charge in [0, 0.05) is 17.9 Å². The minimum Gasteiger partial charge on any atom is -0.493 e. The van der Waals surface area contributed by atoms with Crippen LogP contribution in [0, 0.1) is 0 Å². The second-order valence-electron chi connectivity index (χ2n) is 7.74. The van der Waals surface area contributed by atoms with Crippen molar-refractivity contribution in [3.05, 3.63) is 79.5 Å². The third-order valence-corrected chi connectivity index (χ3v) is 5.93. The molecule has 0 saturated heterocycles. The second-order valence-corrected chi connectivity index (χ2v) is 8.18. The quantitative estimate of drug-likeness (QED) is 0.588. The number of nitrogens with zero attached hydrogens (tertiary/aromatic N) is 3. The highest BCUT2D eigenvalue weighted by Crippen LogP contribution is 2.39. The number of carbonyl (C=O) groups is 1. The van der Waals surface area contributed by atoms with Crippen LogP contribution in [0.15, 0.2) is 57.2 Å². The van der Waals surface area contributed by atoms with Crippen molar-refractivity contribution >= 4 is 23.2 Å². The van der Waals surface area contributed by atoms with Gasteiger partial charge in [-0.25, -0.2) is 14.4 Å². The fourth-order valence-electron chi connectivity index (χ4n) is 4.07. The van der Waals surface area contributed by atoms with Gasteiger partial charge in [0.05, 0.1) is 17.4 Å². The number of aromatic nitrogens is 2. The largest absolute Gasteiger partial charge is 0.493 e. The minimum absolute atomic E-state index is 0.108. The van der Waals surface area contributed by atoms with Crippen molar-refractivity contribution in [2.45, 2.75) is 25.8 Å². The Hall–Kier alpha value is -4.05. The molecule has 2 aliphatic rings. The molecule has 1 atom stereocenters. The summed E-state index contributed by atoms with van der Waals surface area (Å²) in [6.45, 7) is 1.81. The molecule has 174 valence electrons. The molecule has 0 unspecified atom stereocenters. The maximum Gasteiger partial charge on any atom is 0.335 e. The van der Waals surface area contributed by atoms with Crippen LogP contribution in [0.2, 0.25) is 5.02 Å². The topological polar surface area (TPSA) is 126 Å². The number of amides is 1. The van der Waals surface area contributed by atoms with Gasteiger partial charge in [0.2, 0.25) is 18.6 Å². The van der Waals surface area contributed by atoms with Crippen molar-refractivity contribution in [3.63, 3.8) is 0 Å². The first kappa shape index (κ1) is 21.8. The lowest BCUT2D eigenvalue weighted by Crippen LogP contribution is -2.33. The van der Waals surface area contributed by atoms with E-state index in [0.29, 0.717) is 16.5 Å². The highest BCUT2D eigenvalue weighted by atomic mass is 35.5. The average Bonchev–Trinajstić information content (AvgIpc) is 3.45. The van der Waals surface area contributed by atoms with Crippen molar-refractivity contribution in [2.24, 2.45) is 5.10 Å². The Morgan fingerprint density at radius 3 is 2.76 bits per heavy atom. The van der Waals surface area contributed by atoms with Crippen LogP contribution in [0.4, 0.5) is 0 Å². The smallest absolute Gasteiger partial charge is 0.335 e. The molecule has 1 amide bonds. The number of fused-ring (bicyclic) bond motifs is 1. The molecule has 3 aromatic rings. The van der Waals surface area contributed by atoms with Crippen molar-refractivity contribution < 1.29 is 19.4 Å². The third-order valence-electron chi connectivity index (χ3n) is 5.69. The van der Waals surface area contributed by atoms with E-state index in [1.54, 1.807) is 43.3 Å². The first-order valence-electron chi connectivity index (χ1n) is 10.5. The zero-order valence-electron chi connectivity index (χ0n) is 17.9. The number of aromatic amines is 1. The van der Waals surface area contributed by atoms with E-state index in [0.717, 1.165) is 10.1 Å². The standard InChI is InChI=1S/C23H19ClN4O6/c1-2-19(29)28-16(12-6-7-17-18(8-12)34-11-33-17)10-15(26-28)20-21(30)25-23(32)27(22(20)31)14-5-3-4-13(24)9-14/h3-9,16,31H,2,10-11H2,1H3,(H,25,30,32)/t16-/m1/s1. The maximum atomic E-state index is 12.8. The van der Waals surface area contributed by atoms with E-state index in [1.165, 1.54) is 11.1 Å². The van der Waals surface area contributed by atoms with Crippen LogP contribution in [0.1, 0.15) is 36.9 Å². The number of benzene rings is 2. The van der Waals surface area contributed by atoms with Gasteiger partial charge >= 0.3 is 5.69 Å². The molecule has 0 spiro atoms. The molecule has 2 aliphatic heterocycles. The Bertz CT molecular complexity index is 1460. The van der Waals surface area contributed by atoms with E-state index in [-0.39, 0.29) is 42.5 Å². The molecule has 34 heavy (non-hydrogen) atoms. The van der Waals surface area contributed by atoms with Crippen LogP contribution in [-0.2, 0) is 4.79 Å². The van der Waals surface area contributed by atoms with Crippen molar-refractivity contribution in [3.8, 4) is 23.1 Å². The molecular formula is C23H19ClN4O6. The summed E-state index contributed by atoms with van der Waals surface area (Å²) in [6.07, 6.45) is 0.317. The van der Waals surface area contributed by atoms with E-state index in [2.05, 4.69) is 10.1 Å². The fraction of sp³-hybridized carbons (Fsp3) is 0.217. The number of hydrogen-bond donors (Lipinski definition) is 2. The number of hydrogen-bond acceptors (Lipinski definition) is 7. The summed E-state index contributed by atoms with van der Waals surface area (Å²) >= 11 is 6.04. The van der Waals surface area contributed by atoms with Gasteiger partial charge in [0.15, 0.2) is 11.5 Å². The summed E-state index contributed by atoms with van der Waals surface area (Å²) in [5, 5.41) is 17.0. The fourth-order valence-corrected chi connectivity index (χ4v) is 4.26. The van der Waals surface area contributed by atoms with Gasteiger partial charge < -0.3 is 14.6 Å². The van der Waals surface area contributed by atoms with Crippen molar-refractivity contribution in [2.75, 3.05) is 6.79 Å². The molecule has 10 nitrogen and oxygen atoms in total. The number of halogens is 1. The Morgan fingerprint density at radius 1 is 1.21 bits per heavy atom. The number of hydrazone groups is 1. The van der Waals surface area contributed by atoms with E-state index in [9.17, 15) is 19.5 Å². The predicted molar refractivity (Wildman–Crippen MR) is 123 cm³/mol. The van der Waals surface area contributed by atoms with Gasteiger partial charge in [-0.2, -0.15) is 5.10 Å². The summed E-state index contributed by atoms with van der Waals surface area (Å²) in [4.78, 5) is 40.2. The van der Waals surface area contributed by atoms with E-state index < -0.39 is 23.2 Å². The van der Waals surface area contributed by atoms with E-state index >= 15 is 0 Å². The van der Waals surface area contributed by atoms with E-state index in [1.807, 2.05) is 0 Å². The molecule has 1 aromatic heterocycles. The number of rotatable bonds is 4. The molecular weight excluding hydrogens is 464 g/mol. The Morgan fingerprint density at radius 2 is 2.00 bits per heavy atom. The Kier molecular flexibility index (Phi) is 5.37. The van der Waals surface area contributed by atoms with Crippen LogP contribution in [0.25, 0.3) is 5.69 Å². The normalized spacial score (nSPS) is 16.6. The number of carbonyl (C=O) groups excluding carboxylic acids is 1. The lowest BCUT2D eigenvalue weighted by atomic mass is 9.98. The van der Waals surface area contributed by atoms with Gasteiger partial charge in [-0.15, -0.1) is 0 Å². The SMILES string of the molecule is CCC(=O)N1N=C(c2c(O)n(-c3cccc(Cl)c3)c(=O)[nH]c2=O)C[C@@H]1c1ccc2c(c1)OCO2. The lowest BCUT2D eigenvalue weighted by molar-refractivity contribution is -0.132. The summed E-state index contributed by atoms with van der Waals surface area (Å²) in [7, 11) is 0.